The molecule has 0 aromatic heterocycles. The van der Waals surface area contributed by atoms with Crippen molar-refractivity contribution in [3.05, 3.63) is 0 Å². The lowest BCUT2D eigenvalue weighted by molar-refractivity contribution is 0.00981. The Balaban J connectivity index is 2.13. The van der Waals surface area contributed by atoms with E-state index in [2.05, 4.69) is 15.2 Å². The molecule has 1 aliphatic rings. The Labute approximate surface area is 140 Å². The summed E-state index contributed by atoms with van der Waals surface area (Å²) in [5.41, 5.74) is 0. The van der Waals surface area contributed by atoms with Crippen LogP contribution in [0.5, 0.6) is 0 Å². The van der Waals surface area contributed by atoms with Crippen LogP contribution in [0.2, 0.25) is 0 Å². The Morgan fingerprint density at radius 2 is 1.78 bits per heavy atom. The number of hydrogen-bond acceptors (Lipinski definition) is 5. The van der Waals surface area contributed by atoms with Gasteiger partial charge in [-0.15, -0.1) is 0 Å². The molecule has 136 valence electrons. The van der Waals surface area contributed by atoms with Crippen molar-refractivity contribution >= 4 is 5.96 Å². The largest absolute Gasteiger partial charge is 0.385 e. The van der Waals surface area contributed by atoms with E-state index in [0.717, 1.165) is 58.1 Å². The molecule has 23 heavy (non-hydrogen) atoms. The number of nitrogens with zero attached hydrogens (tertiary/aromatic N) is 2. The van der Waals surface area contributed by atoms with Gasteiger partial charge in [0.1, 0.15) is 0 Å². The summed E-state index contributed by atoms with van der Waals surface area (Å²) in [4.78, 5) is 6.63. The van der Waals surface area contributed by atoms with E-state index in [1.54, 1.807) is 14.2 Å². The number of guanidine groups is 1. The highest BCUT2D eigenvalue weighted by molar-refractivity contribution is 5.79. The van der Waals surface area contributed by atoms with Crippen LogP contribution in [0.25, 0.3) is 0 Å². The fraction of sp³-hybridized carbons (Fsp3) is 0.938. The Bertz CT molecular complexity index is 308. The number of piperidine rings is 1. The van der Waals surface area contributed by atoms with Crippen LogP contribution in [0.3, 0.4) is 0 Å². The number of nitrogens with one attached hydrogen (secondary N) is 1. The zero-order valence-electron chi connectivity index (χ0n) is 14.9. The second-order valence-corrected chi connectivity index (χ2v) is 5.48. The monoisotopic (exact) mass is 331 g/mol. The number of ether oxygens (including phenoxy) is 4. The highest BCUT2D eigenvalue weighted by atomic mass is 16.5. The molecule has 0 radical (unpaired) electrons. The van der Waals surface area contributed by atoms with E-state index in [0.29, 0.717) is 25.9 Å². The second kappa shape index (κ2) is 13.5. The molecular formula is C16H33N3O4. The first-order valence-corrected chi connectivity index (χ1v) is 8.44. The Kier molecular flexibility index (Phi) is 11.9. The fourth-order valence-electron chi connectivity index (χ4n) is 2.50. The molecule has 1 rings (SSSR count). The van der Waals surface area contributed by atoms with Crippen molar-refractivity contribution in [3.8, 4) is 0 Å². The summed E-state index contributed by atoms with van der Waals surface area (Å²) in [6.07, 6.45) is 3.40. The highest BCUT2D eigenvalue weighted by Gasteiger charge is 2.21. The highest BCUT2D eigenvalue weighted by Crippen LogP contribution is 2.14. The van der Waals surface area contributed by atoms with Gasteiger partial charge in [-0.3, -0.25) is 4.99 Å². The third-order valence-electron chi connectivity index (χ3n) is 3.76. The van der Waals surface area contributed by atoms with Gasteiger partial charge in [-0.1, -0.05) is 0 Å². The van der Waals surface area contributed by atoms with Crippen molar-refractivity contribution in [1.82, 2.24) is 10.2 Å². The average molecular weight is 331 g/mol. The molecule has 0 aromatic carbocycles. The fourth-order valence-corrected chi connectivity index (χ4v) is 2.50. The van der Waals surface area contributed by atoms with Gasteiger partial charge < -0.3 is 29.2 Å². The van der Waals surface area contributed by atoms with Crippen molar-refractivity contribution in [3.63, 3.8) is 0 Å². The number of hydrogen-bond donors (Lipinski definition) is 1. The topological polar surface area (TPSA) is 64.6 Å². The van der Waals surface area contributed by atoms with Gasteiger partial charge in [-0.05, 0) is 19.3 Å². The van der Waals surface area contributed by atoms with E-state index in [9.17, 15) is 0 Å². The first kappa shape index (κ1) is 20.2. The van der Waals surface area contributed by atoms with E-state index in [1.807, 2.05) is 7.05 Å². The van der Waals surface area contributed by atoms with Crippen molar-refractivity contribution in [2.75, 3.05) is 73.9 Å². The average Bonchev–Trinajstić information content (AvgIpc) is 2.59. The molecule has 0 bridgehead atoms. The molecule has 1 fully saturated rings. The molecule has 7 heteroatoms. The van der Waals surface area contributed by atoms with Crippen molar-refractivity contribution in [1.29, 1.82) is 0 Å². The molecular weight excluding hydrogens is 298 g/mol. The molecule has 0 unspecified atom stereocenters. The summed E-state index contributed by atoms with van der Waals surface area (Å²) < 4.78 is 21.3. The molecule has 7 nitrogen and oxygen atoms in total. The summed E-state index contributed by atoms with van der Waals surface area (Å²) in [6, 6.07) is 0. The van der Waals surface area contributed by atoms with E-state index >= 15 is 0 Å². The summed E-state index contributed by atoms with van der Waals surface area (Å²) in [7, 11) is 5.22. The molecule has 0 amide bonds. The smallest absolute Gasteiger partial charge is 0.193 e. The predicted molar refractivity (Wildman–Crippen MR) is 91.1 cm³/mol. The molecule has 1 aliphatic heterocycles. The van der Waals surface area contributed by atoms with Crippen LogP contribution in [0.4, 0.5) is 0 Å². The Hall–Kier alpha value is -0.890. The van der Waals surface area contributed by atoms with Gasteiger partial charge in [0.25, 0.3) is 0 Å². The third-order valence-corrected chi connectivity index (χ3v) is 3.76. The maximum absolute atomic E-state index is 5.88. The van der Waals surface area contributed by atoms with Crippen LogP contribution in [-0.2, 0) is 18.9 Å². The quantitative estimate of drug-likeness (QED) is 0.342. The minimum Gasteiger partial charge on any atom is -0.385 e. The molecule has 1 heterocycles. The van der Waals surface area contributed by atoms with Crippen LogP contribution in [0.15, 0.2) is 4.99 Å². The molecule has 0 saturated carbocycles. The molecule has 1 N–H and O–H groups in total. The van der Waals surface area contributed by atoms with Crippen LogP contribution in [0.1, 0.15) is 19.3 Å². The lowest BCUT2D eigenvalue weighted by Gasteiger charge is -2.34. The molecule has 0 atom stereocenters. The third kappa shape index (κ3) is 9.10. The zero-order valence-corrected chi connectivity index (χ0v) is 14.9. The van der Waals surface area contributed by atoms with Gasteiger partial charge >= 0.3 is 0 Å². The van der Waals surface area contributed by atoms with Gasteiger partial charge in [0.15, 0.2) is 5.96 Å². The van der Waals surface area contributed by atoms with Gasteiger partial charge in [-0.25, -0.2) is 0 Å². The lowest BCUT2D eigenvalue weighted by Crippen LogP contribution is -2.47. The molecule has 0 aromatic rings. The van der Waals surface area contributed by atoms with E-state index < -0.39 is 0 Å². The normalized spacial score (nSPS) is 16.8. The molecule has 0 spiro atoms. The zero-order chi connectivity index (χ0) is 16.8. The van der Waals surface area contributed by atoms with Crippen LogP contribution < -0.4 is 5.32 Å². The van der Waals surface area contributed by atoms with Crippen LogP contribution >= 0.6 is 0 Å². The summed E-state index contributed by atoms with van der Waals surface area (Å²) >= 11 is 0. The predicted octanol–water partition coefficient (Wildman–Crippen LogP) is 0.742. The standard InChI is InChI=1S/C16H33N3O4/c1-17-16(18-7-12-22-14-13-21-3)19-8-5-15(6-9-19)23-11-4-10-20-2/h15H,4-14H2,1-3H3,(H,17,18). The summed E-state index contributed by atoms with van der Waals surface area (Å²) in [5, 5.41) is 3.34. The van der Waals surface area contributed by atoms with Crippen molar-refractivity contribution in [2.24, 2.45) is 4.99 Å². The maximum atomic E-state index is 5.88. The summed E-state index contributed by atoms with van der Waals surface area (Å²) in [6.45, 7) is 6.16. The summed E-state index contributed by atoms with van der Waals surface area (Å²) in [5.74, 6) is 0.943. The number of likely N-dealkylation sites (tertiary alicyclic amines) is 1. The van der Waals surface area contributed by atoms with Gasteiger partial charge in [0, 0.05) is 54.1 Å². The Morgan fingerprint density at radius 1 is 1.04 bits per heavy atom. The Morgan fingerprint density at radius 3 is 2.43 bits per heavy atom. The first-order chi connectivity index (χ1) is 11.3. The molecule has 0 aliphatic carbocycles. The first-order valence-electron chi connectivity index (χ1n) is 8.44. The minimum absolute atomic E-state index is 0.360. The van der Waals surface area contributed by atoms with E-state index in [-0.39, 0.29) is 0 Å². The SMILES string of the molecule is CN=C(NCCOCCOC)N1CCC(OCCCOC)CC1. The number of methoxy groups -OCH3 is 2. The van der Waals surface area contributed by atoms with Gasteiger partial charge in [-0.2, -0.15) is 0 Å². The van der Waals surface area contributed by atoms with Crippen molar-refractivity contribution in [2.45, 2.75) is 25.4 Å². The second-order valence-electron chi connectivity index (χ2n) is 5.48. The van der Waals surface area contributed by atoms with Gasteiger partial charge in [0.05, 0.1) is 25.9 Å². The van der Waals surface area contributed by atoms with Crippen LogP contribution in [-0.4, -0.2) is 90.9 Å². The lowest BCUT2D eigenvalue weighted by atomic mass is 10.1. The van der Waals surface area contributed by atoms with E-state index in [4.69, 9.17) is 18.9 Å². The molecule has 1 saturated heterocycles. The van der Waals surface area contributed by atoms with Crippen LogP contribution in [0, 0.1) is 0 Å². The van der Waals surface area contributed by atoms with Gasteiger partial charge in [0.2, 0.25) is 0 Å². The number of rotatable bonds is 11. The van der Waals surface area contributed by atoms with Crippen molar-refractivity contribution < 1.29 is 18.9 Å². The minimum atomic E-state index is 0.360. The number of aliphatic imine (C=N–C) groups is 1. The van der Waals surface area contributed by atoms with E-state index in [1.165, 1.54) is 0 Å². The maximum Gasteiger partial charge on any atom is 0.193 e.